The molecule has 0 aromatic heterocycles. The van der Waals surface area contributed by atoms with Gasteiger partial charge in [-0.05, 0) is 18.6 Å². The van der Waals surface area contributed by atoms with Gasteiger partial charge in [0.05, 0.1) is 0 Å². The van der Waals surface area contributed by atoms with Gasteiger partial charge in [0.2, 0.25) is 0 Å². The van der Waals surface area contributed by atoms with Crippen molar-refractivity contribution in [2.75, 3.05) is 0 Å². The fourth-order valence-electron chi connectivity index (χ4n) is 0.563. The predicted octanol–water partition coefficient (Wildman–Crippen LogP) is 1.92. The van der Waals surface area contributed by atoms with Crippen molar-refractivity contribution in [3.63, 3.8) is 0 Å². The topological polar surface area (TPSA) is 77.8 Å². The van der Waals surface area contributed by atoms with Crippen LogP contribution in [0.25, 0.3) is 0 Å². The van der Waals surface area contributed by atoms with Crippen LogP contribution in [-0.2, 0) is 0 Å². The van der Waals surface area contributed by atoms with E-state index >= 15 is 0 Å². The Kier molecular flexibility index (Phi) is 4.30. The molecule has 4 heteroatoms. The molecule has 1 aromatic rings. The Morgan fingerprint density at radius 3 is 1.92 bits per heavy atom. The van der Waals surface area contributed by atoms with Crippen molar-refractivity contribution in [2.45, 2.75) is 6.92 Å². The van der Waals surface area contributed by atoms with E-state index in [0.29, 0.717) is 5.75 Å². The quantitative estimate of drug-likeness (QED) is 0.555. The van der Waals surface area contributed by atoms with Gasteiger partial charge in [-0.25, -0.2) is 4.79 Å². The summed E-state index contributed by atoms with van der Waals surface area (Å²) >= 11 is 0. The molecule has 0 spiro atoms. The van der Waals surface area contributed by atoms with E-state index in [1.165, 1.54) is 0 Å². The highest BCUT2D eigenvalue weighted by Gasteiger charge is 1.86. The number of hydrogen-bond acceptors (Lipinski definition) is 2. The highest BCUT2D eigenvalue weighted by atomic mass is 16.6. The normalized spacial score (nSPS) is 8.08. The molecular weight excluding hydrogens is 160 g/mol. The summed E-state index contributed by atoms with van der Waals surface area (Å²) in [4.78, 5) is 8.56. The van der Waals surface area contributed by atoms with Crippen molar-refractivity contribution < 1.29 is 20.1 Å². The van der Waals surface area contributed by atoms with E-state index in [9.17, 15) is 0 Å². The lowest BCUT2D eigenvalue weighted by molar-refractivity contribution is 0.137. The number of phenolic OH excluding ortho intramolecular Hbond substituents is 1. The monoisotopic (exact) mass is 170 g/mol. The fraction of sp³-hybridized carbons (Fsp3) is 0.125. The summed E-state index contributed by atoms with van der Waals surface area (Å²) < 4.78 is 0. The van der Waals surface area contributed by atoms with Crippen LogP contribution in [0.3, 0.4) is 0 Å². The molecule has 0 radical (unpaired) electrons. The smallest absolute Gasteiger partial charge is 0.503 e. The molecule has 0 saturated carbocycles. The van der Waals surface area contributed by atoms with Crippen molar-refractivity contribution in [1.29, 1.82) is 0 Å². The number of carbonyl (C=O) groups is 1. The third kappa shape index (κ3) is 5.10. The first-order valence-corrected chi connectivity index (χ1v) is 3.20. The molecule has 0 amide bonds. The first-order valence-electron chi connectivity index (χ1n) is 3.20. The molecule has 0 atom stereocenters. The zero-order chi connectivity index (χ0) is 9.56. The summed E-state index contributed by atoms with van der Waals surface area (Å²) in [7, 11) is 0. The lowest BCUT2D eigenvalue weighted by atomic mass is 10.2. The summed E-state index contributed by atoms with van der Waals surface area (Å²) in [6.45, 7) is 1.87. The second-order valence-corrected chi connectivity index (χ2v) is 2.07. The van der Waals surface area contributed by atoms with Gasteiger partial charge in [0.1, 0.15) is 5.75 Å². The molecule has 1 aromatic carbocycles. The largest absolute Gasteiger partial charge is 0.508 e. The maximum atomic E-state index is 8.92. The van der Waals surface area contributed by atoms with Crippen LogP contribution >= 0.6 is 0 Å². The third-order valence-corrected chi connectivity index (χ3v) is 1.12. The van der Waals surface area contributed by atoms with Crippen molar-refractivity contribution >= 4 is 6.16 Å². The number of aromatic hydroxyl groups is 1. The predicted molar refractivity (Wildman–Crippen MR) is 43.5 cm³/mol. The highest BCUT2D eigenvalue weighted by molar-refractivity contribution is 5.53. The number of hydrogen-bond donors (Lipinski definition) is 3. The van der Waals surface area contributed by atoms with E-state index in [-0.39, 0.29) is 0 Å². The molecule has 12 heavy (non-hydrogen) atoms. The maximum absolute atomic E-state index is 8.92. The van der Waals surface area contributed by atoms with Gasteiger partial charge in [0.15, 0.2) is 0 Å². The van der Waals surface area contributed by atoms with Crippen molar-refractivity contribution in [1.82, 2.24) is 0 Å². The van der Waals surface area contributed by atoms with Crippen LogP contribution in [0.4, 0.5) is 4.79 Å². The minimum absolute atomic E-state index is 0.368. The second kappa shape index (κ2) is 5.01. The first kappa shape index (κ1) is 10.3. The van der Waals surface area contributed by atoms with Crippen LogP contribution in [0.1, 0.15) is 5.56 Å². The van der Waals surface area contributed by atoms with Gasteiger partial charge in [-0.1, -0.05) is 18.2 Å². The number of phenols is 1. The maximum Gasteiger partial charge on any atom is 0.503 e. The van der Waals surface area contributed by atoms with Crippen LogP contribution in [0.2, 0.25) is 0 Å². The SMILES string of the molecule is Cc1ccccc1O.O=C(O)O. The molecule has 4 nitrogen and oxygen atoms in total. The molecule has 0 aliphatic rings. The Hall–Kier alpha value is -1.71. The molecule has 0 aliphatic carbocycles. The molecule has 3 N–H and O–H groups in total. The lowest BCUT2D eigenvalue weighted by Gasteiger charge is -1.92. The third-order valence-electron chi connectivity index (χ3n) is 1.12. The Balaban J connectivity index is 0.000000261. The van der Waals surface area contributed by atoms with Crippen LogP contribution in [0, 0.1) is 6.92 Å². The van der Waals surface area contributed by atoms with Gasteiger partial charge in [-0.15, -0.1) is 0 Å². The van der Waals surface area contributed by atoms with Crippen LogP contribution in [-0.4, -0.2) is 21.5 Å². The molecular formula is C8H10O4. The van der Waals surface area contributed by atoms with E-state index in [1.54, 1.807) is 6.07 Å². The second-order valence-electron chi connectivity index (χ2n) is 2.07. The minimum atomic E-state index is -1.83. The number of carboxylic acid groups (broad SMARTS) is 2. The van der Waals surface area contributed by atoms with Crippen LogP contribution in [0.5, 0.6) is 5.75 Å². The van der Waals surface area contributed by atoms with E-state index in [4.69, 9.17) is 20.1 Å². The van der Waals surface area contributed by atoms with E-state index < -0.39 is 6.16 Å². The standard InChI is InChI=1S/C7H8O.CH2O3/c1-6-4-2-3-5-7(6)8;2-1(3)4/h2-5,8H,1H3;(H2,2,3,4). The average molecular weight is 170 g/mol. The molecule has 0 unspecified atom stereocenters. The van der Waals surface area contributed by atoms with Crippen molar-refractivity contribution in [3.8, 4) is 5.75 Å². The Bertz CT molecular complexity index is 232. The molecule has 0 aliphatic heterocycles. The van der Waals surface area contributed by atoms with Gasteiger partial charge in [0.25, 0.3) is 0 Å². The van der Waals surface area contributed by atoms with Crippen LogP contribution < -0.4 is 0 Å². The van der Waals surface area contributed by atoms with Crippen molar-refractivity contribution in [2.24, 2.45) is 0 Å². The van der Waals surface area contributed by atoms with Crippen molar-refractivity contribution in [3.05, 3.63) is 29.8 Å². The van der Waals surface area contributed by atoms with Gasteiger partial charge >= 0.3 is 6.16 Å². The summed E-state index contributed by atoms with van der Waals surface area (Å²) in [6.07, 6.45) is -1.83. The molecule has 1 rings (SSSR count). The minimum Gasteiger partial charge on any atom is -0.508 e. The number of rotatable bonds is 0. The van der Waals surface area contributed by atoms with Gasteiger partial charge in [-0.3, -0.25) is 0 Å². The van der Waals surface area contributed by atoms with E-state index in [1.807, 2.05) is 25.1 Å². The van der Waals surface area contributed by atoms with Gasteiger partial charge < -0.3 is 15.3 Å². The molecule has 0 saturated heterocycles. The lowest BCUT2D eigenvalue weighted by Crippen LogP contribution is -1.81. The zero-order valence-electron chi connectivity index (χ0n) is 6.56. The molecule has 0 heterocycles. The number of aryl methyl sites for hydroxylation is 1. The molecule has 0 bridgehead atoms. The first-order chi connectivity index (χ1) is 5.54. The highest BCUT2D eigenvalue weighted by Crippen LogP contribution is 2.12. The Morgan fingerprint density at radius 1 is 1.25 bits per heavy atom. The van der Waals surface area contributed by atoms with Gasteiger partial charge in [0, 0.05) is 0 Å². The summed E-state index contributed by atoms with van der Waals surface area (Å²) in [6, 6.07) is 7.25. The summed E-state index contributed by atoms with van der Waals surface area (Å²) in [5.74, 6) is 0.368. The summed E-state index contributed by atoms with van der Waals surface area (Å²) in [5.41, 5.74) is 0.924. The van der Waals surface area contributed by atoms with Gasteiger partial charge in [-0.2, -0.15) is 0 Å². The zero-order valence-corrected chi connectivity index (χ0v) is 6.56. The average Bonchev–Trinajstić information content (AvgIpc) is 1.94. The van der Waals surface area contributed by atoms with E-state index in [2.05, 4.69) is 0 Å². The molecule has 0 fully saturated rings. The Labute approximate surface area is 69.7 Å². The Morgan fingerprint density at radius 2 is 1.67 bits per heavy atom. The summed E-state index contributed by atoms with van der Waals surface area (Å²) in [5, 5.41) is 22.9. The van der Waals surface area contributed by atoms with Crippen LogP contribution in [0.15, 0.2) is 24.3 Å². The van der Waals surface area contributed by atoms with E-state index in [0.717, 1.165) is 5.56 Å². The molecule has 66 valence electrons. The number of para-hydroxylation sites is 1. The number of benzene rings is 1. The fourth-order valence-corrected chi connectivity index (χ4v) is 0.563.